The largest absolute Gasteiger partial charge is 0.332 e. The highest BCUT2D eigenvalue weighted by molar-refractivity contribution is 7.89. The summed E-state index contributed by atoms with van der Waals surface area (Å²) in [5.41, 5.74) is 3.23. The van der Waals surface area contributed by atoms with Crippen molar-refractivity contribution in [3.8, 4) is 0 Å². The van der Waals surface area contributed by atoms with Gasteiger partial charge in [0, 0.05) is 26.8 Å². The molecule has 0 saturated carbocycles. The zero-order valence-electron chi connectivity index (χ0n) is 14.3. The number of anilines is 2. The Kier molecular flexibility index (Phi) is 5.26. The van der Waals surface area contributed by atoms with Gasteiger partial charge in [-0.3, -0.25) is 4.68 Å². The number of thiocarbonyl (C=S) groups is 1. The zero-order chi connectivity index (χ0) is 18.1. The SMILES string of the molecule is Cc1nn(C)c(C)c1NC(=S)Nc1cccc(S(=O)(=O)N(C)C)c1. The van der Waals surface area contributed by atoms with E-state index in [4.69, 9.17) is 12.2 Å². The molecular formula is C15H21N5O2S2. The molecule has 0 aliphatic carbocycles. The molecule has 24 heavy (non-hydrogen) atoms. The van der Waals surface area contributed by atoms with Gasteiger partial charge in [0.2, 0.25) is 10.0 Å². The molecule has 130 valence electrons. The summed E-state index contributed by atoms with van der Waals surface area (Å²) in [5, 5.41) is 10.8. The van der Waals surface area contributed by atoms with Crippen LogP contribution in [0.4, 0.5) is 11.4 Å². The first-order valence-corrected chi connectivity index (χ1v) is 9.08. The Morgan fingerprint density at radius 3 is 2.46 bits per heavy atom. The van der Waals surface area contributed by atoms with E-state index in [2.05, 4.69) is 15.7 Å². The van der Waals surface area contributed by atoms with Crippen LogP contribution in [0, 0.1) is 13.8 Å². The summed E-state index contributed by atoms with van der Waals surface area (Å²) in [6.07, 6.45) is 0. The van der Waals surface area contributed by atoms with Crippen LogP contribution in [0.3, 0.4) is 0 Å². The Balaban J connectivity index is 2.18. The van der Waals surface area contributed by atoms with Gasteiger partial charge in [-0.25, -0.2) is 12.7 Å². The maximum absolute atomic E-state index is 12.2. The molecule has 2 aromatic rings. The van der Waals surface area contributed by atoms with Crippen LogP contribution < -0.4 is 10.6 Å². The van der Waals surface area contributed by atoms with Crippen LogP contribution in [0.2, 0.25) is 0 Å². The molecule has 1 heterocycles. The van der Waals surface area contributed by atoms with Crippen molar-refractivity contribution in [3.63, 3.8) is 0 Å². The van der Waals surface area contributed by atoms with Crippen molar-refractivity contribution in [1.82, 2.24) is 14.1 Å². The lowest BCUT2D eigenvalue weighted by Gasteiger charge is -2.14. The minimum atomic E-state index is -3.49. The summed E-state index contributed by atoms with van der Waals surface area (Å²) in [5.74, 6) is 0. The molecule has 0 atom stereocenters. The number of sulfonamides is 1. The van der Waals surface area contributed by atoms with Crippen LogP contribution in [0.25, 0.3) is 0 Å². The number of benzene rings is 1. The van der Waals surface area contributed by atoms with Crippen LogP contribution in [0.1, 0.15) is 11.4 Å². The fraction of sp³-hybridized carbons (Fsp3) is 0.333. The van der Waals surface area contributed by atoms with Crippen LogP contribution in [0.15, 0.2) is 29.2 Å². The first kappa shape index (κ1) is 18.4. The molecule has 7 nitrogen and oxygen atoms in total. The van der Waals surface area contributed by atoms with Gasteiger partial charge in [-0.05, 0) is 44.3 Å². The van der Waals surface area contributed by atoms with Gasteiger partial charge >= 0.3 is 0 Å². The van der Waals surface area contributed by atoms with Gasteiger partial charge in [-0.2, -0.15) is 5.10 Å². The van der Waals surface area contributed by atoms with E-state index in [9.17, 15) is 8.42 Å². The maximum Gasteiger partial charge on any atom is 0.242 e. The number of aryl methyl sites for hydroxylation is 2. The first-order chi connectivity index (χ1) is 11.1. The Bertz CT molecular complexity index is 872. The van der Waals surface area contributed by atoms with Gasteiger partial charge in [0.1, 0.15) is 0 Å². The predicted octanol–water partition coefficient (Wildman–Crippen LogP) is 2.10. The van der Waals surface area contributed by atoms with Gasteiger partial charge in [-0.15, -0.1) is 0 Å². The van der Waals surface area contributed by atoms with Crippen molar-refractivity contribution in [3.05, 3.63) is 35.7 Å². The molecule has 0 fully saturated rings. The van der Waals surface area contributed by atoms with Gasteiger partial charge in [0.25, 0.3) is 0 Å². The molecule has 0 bridgehead atoms. The summed E-state index contributed by atoms with van der Waals surface area (Å²) in [7, 11) is 1.36. The normalized spacial score (nSPS) is 11.6. The molecule has 0 saturated heterocycles. The summed E-state index contributed by atoms with van der Waals surface area (Å²) < 4.78 is 27.3. The third-order valence-electron chi connectivity index (χ3n) is 3.62. The second-order valence-corrected chi connectivity index (χ2v) is 8.12. The number of nitrogens with one attached hydrogen (secondary N) is 2. The Hall–Kier alpha value is -1.97. The third-order valence-corrected chi connectivity index (χ3v) is 5.63. The number of aromatic nitrogens is 2. The van der Waals surface area contributed by atoms with E-state index in [1.165, 1.54) is 18.4 Å². The summed E-state index contributed by atoms with van der Waals surface area (Å²) in [6, 6.07) is 6.52. The van der Waals surface area contributed by atoms with Crippen molar-refractivity contribution in [2.24, 2.45) is 7.05 Å². The van der Waals surface area contributed by atoms with E-state index < -0.39 is 10.0 Å². The van der Waals surface area contributed by atoms with Crippen molar-refractivity contribution < 1.29 is 8.42 Å². The van der Waals surface area contributed by atoms with E-state index in [-0.39, 0.29) is 4.90 Å². The summed E-state index contributed by atoms with van der Waals surface area (Å²) in [6.45, 7) is 3.83. The van der Waals surface area contributed by atoms with Gasteiger partial charge < -0.3 is 10.6 Å². The lowest BCUT2D eigenvalue weighted by atomic mass is 10.3. The minimum Gasteiger partial charge on any atom is -0.332 e. The van der Waals surface area contributed by atoms with E-state index in [1.54, 1.807) is 28.9 Å². The van der Waals surface area contributed by atoms with E-state index in [1.807, 2.05) is 20.9 Å². The van der Waals surface area contributed by atoms with E-state index in [0.717, 1.165) is 17.1 Å². The lowest BCUT2D eigenvalue weighted by Crippen LogP contribution is -2.23. The lowest BCUT2D eigenvalue weighted by molar-refractivity contribution is 0.521. The monoisotopic (exact) mass is 367 g/mol. The Morgan fingerprint density at radius 2 is 1.92 bits per heavy atom. The molecule has 0 radical (unpaired) electrons. The molecule has 0 unspecified atom stereocenters. The van der Waals surface area contributed by atoms with Gasteiger partial charge in [-0.1, -0.05) is 6.07 Å². The van der Waals surface area contributed by atoms with Gasteiger partial charge in [0.05, 0.1) is 22.0 Å². The molecule has 0 spiro atoms. The van der Waals surface area contributed by atoms with Crippen LogP contribution in [-0.4, -0.2) is 41.7 Å². The fourth-order valence-corrected chi connectivity index (χ4v) is 3.34. The molecule has 2 N–H and O–H groups in total. The van der Waals surface area contributed by atoms with Crippen molar-refractivity contribution in [2.45, 2.75) is 18.7 Å². The smallest absolute Gasteiger partial charge is 0.242 e. The highest BCUT2D eigenvalue weighted by Crippen LogP contribution is 2.20. The van der Waals surface area contributed by atoms with E-state index in [0.29, 0.717) is 10.8 Å². The number of hydrogen-bond acceptors (Lipinski definition) is 4. The fourth-order valence-electron chi connectivity index (χ4n) is 2.18. The molecule has 0 amide bonds. The highest BCUT2D eigenvalue weighted by Gasteiger charge is 2.17. The molecular weight excluding hydrogens is 346 g/mol. The minimum absolute atomic E-state index is 0.203. The van der Waals surface area contributed by atoms with Crippen molar-refractivity contribution >= 4 is 38.7 Å². The standard InChI is InChI=1S/C15H21N5O2S2/c1-10-14(11(2)20(5)18-10)17-15(23)16-12-7-6-8-13(9-12)24(21,22)19(3)4/h6-9H,1-5H3,(H2,16,17,23). The molecule has 0 aliphatic heterocycles. The van der Waals surface area contributed by atoms with Crippen LogP contribution >= 0.6 is 12.2 Å². The number of nitrogens with zero attached hydrogens (tertiary/aromatic N) is 3. The first-order valence-electron chi connectivity index (χ1n) is 7.23. The summed E-state index contributed by atoms with van der Waals surface area (Å²) >= 11 is 5.32. The van der Waals surface area contributed by atoms with Crippen LogP contribution in [-0.2, 0) is 17.1 Å². The van der Waals surface area contributed by atoms with E-state index >= 15 is 0 Å². The van der Waals surface area contributed by atoms with Gasteiger partial charge in [0.15, 0.2) is 5.11 Å². The molecule has 0 aliphatic rings. The second kappa shape index (κ2) is 6.88. The molecule has 2 rings (SSSR count). The maximum atomic E-state index is 12.2. The molecule has 9 heteroatoms. The van der Waals surface area contributed by atoms with Crippen LogP contribution in [0.5, 0.6) is 0 Å². The summed E-state index contributed by atoms with van der Waals surface area (Å²) in [4.78, 5) is 0.203. The predicted molar refractivity (Wildman–Crippen MR) is 99.8 cm³/mol. The topological polar surface area (TPSA) is 79.3 Å². The molecule has 1 aromatic carbocycles. The third kappa shape index (κ3) is 3.74. The average Bonchev–Trinajstić information content (AvgIpc) is 2.73. The average molecular weight is 368 g/mol. The number of rotatable bonds is 4. The second-order valence-electron chi connectivity index (χ2n) is 5.56. The molecule has 1 aromatic heterocycles. The van der Waals surface area contributed by atoms with Crippen molar-refractivity contribution in [2.75, 3.05) is 24.7 Å². The Morgan fingerprint density at radius 1 is 1.25 bits per heavy atom. The highest BCUT2D eigenvalue weighted by atomic mass is 32.2. The van der Waals surface area contributed by atoms with Crippen molar-refractivity contribution in [1.29, 1.82) is 0 Å². The Labute approximate surface area is 147 Å². The zero-order valence-corrected chi connectivity index (χ0v) is 15.9. The number of hydrogen-bond donors (Lipinski definition) is 2. The quantitative estimate of drug-likeness (QED) is 0.806.